The number of nitrogens with one attached hydrogen (secondary N) is 1. The van der Waals surface area contributed by atoms with Crippen molar-refractivity contribution in [3.8, 4) is 5.75 Å². The Balaban J connectivity index is 1.45. The number of nitrogens with zero attached hydrogens (tertiary/aromatic N) is 2. The first kappa shape index (κ1) is 25.7. The molecule has 36 heavy (non-hydrogen) atoms. The summed E-state index contributed by atoms with van der Waals surface area (Å²) in [4.78, 5) is 16.4. The molecule has 1 saturated heterocycles. The average molecular weight is 509 g/mol. The van der Waals surface area contributed by atoms with Crippen LogP contribution < -0.4 is 13.9 Å². The van der Waals surface area contributed by atoms with Crippen LogP contribution in [0.25, 0.3) is 0 Å². The smallest absolute Gasteiger partial charge is 0.243 e. The predicted molar refractivity (Wildman–Crippen MR) is 142 cm³/mol. The molecular formula is C28H34N3O4S+. The highest BCUT2D eigenvalue weighted by Crippen LogP contribution is 2.22. The van der Waals surface area contributed by atoms with E-state index in [0.29, 0.717) is 31.1 Å². The summed E-state index contributed by atoms with van der Waals surface area (Å²) >= 11 is 0. The van der Waals surface area contributed by atoms with Crippen LogP contribution in [0.3, 0.4) is 0 Å². The quantitative estimate of drug-likeness (QED) is 0.482. The Labute approximate surface area is 214 Å². The number of ether oxygens (including phenoxy) is 1. The van der Waals surface area contributed by atoms with Gasteiger partial charge >= 0.3 is 0 Å². The van der Waals surface area contributed by atoms with Crippen molar-refractivity contribution in [2.45, 2.75) is 13.0 Å². The molecule has 3 aromatic carbocycles. The fourth-order valence-electron chi connectivity index (χ4n) is 4.79. The first-order chi connectivity index (χ1) is 17.4. The van der Waals surface area contributed by atoms with Crippen LogP contribution in [-0.2, 0) is 14.8 Å². The predicted octanol–water partition coefficient (Wildman–Crippen LogP) is 2.37. The third-order valence-corrected chi connectivity index (χ3v) is 7.69. The van der Waals surface area contributed by atoms with Gasteiger partial charge in [-0.15, -0.1) is 0 Å². The molecule has 0 radical (unpaired) electrons. The number of hydrogen-bond donors (Lipinski definition) is 1. The Morgan fingerprint density at radius 3 is 1.92 bits per heavy atom. The molecule has 1 aliphatic rings. The largest absolute Gasteiger partial charge is 0.494 e. The molecule has 3 aromatic rings. The molecule has 0 saturated carbocycles. The summed E-state index contributed by atoms with van der Waals surface area (Å²) < 4.78 is 31.7. The van der Waals surface area contributed by atoms with E-state index < -0.39 is 10.0 Å². The highest BCUT2D eigenvalue weighted by molar-refractivity contribution is 7.92. The van der Waals surface area contributed by atoms with E-state index in [-0.39, 0.29) is 18.5 Å². The Hall–Kier alpha value is -3.36. The molecule has 0 aliphatic carbocycles. The number of sulfonamides is 1. The highest BCUT2D eigenvalue weighted by Gasteiger charge is 2.32. The molecule has 0 unspecified atom stereocenters. The molecule has 1 aliphatic heterocycles. The van der Waals surface area contributed by atoms with Gasteiger partial charge in [-0.1, -0.05) is 60.7 Å². The van der Waals surface area contributed by atoms with Crippen molar-refractivity contribution in [1.82, 2.24) is 4.90 Å². The second kappa shape index (κ2) is 11.6. The molecule has 0 bridgehead atoms. The number of hydrogen-bond acceptors (Lipinski definition) is 4. The van der Waals surface area contributed by atoms with Gasteiger partial charge in [-0.05, 0) is 31.2 Å². The minimum atomic E-state index is -3.63. The number of anilines is 1. The molecule has 0 spiro atoms. The molecule has 7 nitrogen and oxygen atoms in total. The van der Waals surface area contributed by atoms with E-state index in [1.165, 1.54) is 20.3 Å². The lowest BCUT2D eigenvalue weighted by molar-refractivity contribution is -0.929. The van der Waals surface area contributed by atoms with Gasteiger partial charge in [0.05, 0.1) is 44.7 Å². The fourth-order valence-corrected chi connectivity index (χ4v) is 5.63. The van der Waals surface area contributed by atoms with E-state index in [0.717, 1.165) is 19.3 Å². The van der Waals surface area contributed by atoms with Crippen LogP contribution in [0, 0.1) is 0 Å². The molecule has 1 heterocycles. The van der Waals surface area contributed by atoms with Crippen molar-refractivity contribution in [1.29, 1.82) is 0 Å². The maximum Gasteiger partial charge on any atom is 0.243 e. The topological polar surface area (TPSA) is 71.4 Å². The third-order valence-electron chi connectivity index (χ3n) is 6.55. The summed E-state index contributed by atoms with van der Waals surface area (Å²) in [6.45, 7) is 4.90. The number of benzene rings is 3. The lowest BCUT2D eigenvalue weighted by Gasteiger charge is -2.37. The van der Waals surface area contributed by atoms with E-state index in [1.54, 1.807) is 29.2 Å². The lowest BCUT2D eigenvalue weighted by Crippen LogP contribution is -3.15. The Kier molecular flexibility index (Phi) is 8.28. The zero-order valence-electron chi connectivity index (χ0n) is 20.8. The molecule has 0 aromatic heterocycles. The third kappa shape index (κ3) is 6.25. The Morgan fingerprint density at radius 2 is 1.44 bits per heavy atom. The normalized spacial score (nSPS) is 14.6. The number of quaternary nitrogens is 1. The fraction of sp³-hybridized carbons (Fsp3) is 0.321. The summed E-state index contributed by atoms with van der Waals surface area (Å²) in [6.07, 6.45) is 1.13. The second-order valence-corrected chi connectivity index (χ2v) is 10.9. The van der Waals surface area contributed by atoms with Crippen LogP contribution in [0.5, 0.6) is 5.75 Å². The van der Waals surface area contributed by atoms with Gasteiger partial charge in [0, 0.05) is 11.1 Å². The van der Waals surface area contributed by atoms with Crippen molar-refractivity contribution < 1.29 is 22.8 Å². The first-order valence-electron chi connectivity index (χ1n) is 12.3. The zero-order chi connectivity index (χ0) is 25.5. The Bertz CT molecular complexity index is 1190. The van der Waals surface area contributed by atoms with Gasteiger partial charge in [-0.25, -0.2) is 8.42 Å². The van der Waals surface area contributed by atoms with Crippen LogP contribution in [0.4, 0.5) is 5.69 Å². The van der Waals surface area contributed by atoms with Crippen molar-refractivity contribution in [2.75, 3.05) is 49.9 Å². The number of rotatable bonds is 9. The molecule has 0 atom stereocenters. The minimum absolute atomic E-state index is 0.182. The van der Waals surface area contributed by atoms with Gasteiger partial charge in [0.2, 0.25) is 15.9 Å². The molecule has 4 rings (SSSR count). The van der Waals surface area contributed by atoms with Crippen molar-refractivity contribution in [2.24, 2.45) is 0 Å². The van der Waals surface area contributed by atoms with E-state index in [9.17, 15) is 13.2 Å². The van der Waals surface area contributed by atoms with Gasteiger partial charge in [0.25, 0.3) is 0 Å². The van der Waals surface area contributed by atoms with Crippen LogP contribution in [0.1, 0.15) is 24.1 Å². The van der Waals surface area contributed by atoms with Crippen LogP contribution in [-0.4, -0.2) is 64.8 Å². The Morgan fingerprint density at radius 1 is 0.917 bits per heavy atom. The van der Waals surface area contributed by atoms with Gasteiger partial charge < -0.3 is 14.5 Å². The van der Waals surface area contributed by atoms with Gasteiger partial charge in [-0.3, -0.25) is 9.10 Å². The molecule has 190 valence electrons. The van der Waals surface area contributed by atoms with Gasteiger partial charge in [-0.2, -0.15) is 0 Å². The number of amides is 1. The second-order valence-electron chi connectivity index (χ2n) is 8.99. The summed E-state index contributed by atoms with van der Waals surface area (Å²) in [6, 6.07) is 27.9. The molecular weight excluding hydrogens is 474 g/mol. The number of piperazine rings is 1. The maximum absolute atomic E-state index is 13.2. The molecule has 1 amide bonds. The summed E-state index contributed by atoms with van der Waals surface area (Å²) in [5, 5.41) is 0. The van der Waals surface area contributed by atoms with Crippen LogP contribution >= 0.6 is 0 Å². The van der Waals surface area contributed by atoms with Gasteiger partial charge in [0.15, 0.2) is 0 Å². The monoisotopic (exact) mass is 508 g/mol. The SMILES string of the molecule is CCOc1ccc(N(CC(=O)N2CC[NH+](C(c3ccccc3)c3ccccc3)CC2)S(C)(=O)=O)cc1. The van der Waals surface area contributed by atoms with Crippen molar-refractivity contribution in [3.05, 3.63) is 96.1 Å². The van der Waals surface area contributed by atoms with Crippen LogP contribution in [0.15, 0.2) is 84.9 Å². The molecule has 1 fully saturated rings. The standard InChI is InChI=1S/C28H33N3O4S/c1-3-35-26-16-14-25(15-17-26)31(36(2,33)34)22-27(32)29-18-20-30(21-19-29)28(23-10-6-4-7-11-23)24-12-8-5-9-13-24/h4-17,28H,3,18-22H2,1-2H3/p+1. The van der Waals surface area contributed by atoms with Crippen molar-refractivity contribution in [3.63, 3.8) is 0 Å². The van der Waals surface area contributed by atoms with E-state index in [1.807, 2.05) is 19.1 Å². The van der Waals surface area contributed by atoms with Crippen LogP contribution in [0.2, 0.25) is 0 Å². The lowest BCUT2D eigenvalue weighted by atomic mass is 9.96. The first-order valence-corrected chi connectivity index (χ1v) is 14.1. The van der Waals surface area contributed by atoms with Gasteiger partial charge in [0.1, 0.15) is 18.3 Å². The number of carbonyl (C=O) groups excluding carboxylic acids is 1. The van der Waals surface area contributed by atoms with E-state index in [4.69, 9.17) is 4.74 Å². The maximum atomic E-state index is 13.2. The molecule has 8 heteroatoms. The average Bonchev–Trinajstić information content (AvgIpc) is 2.89. The molecule has 1 N–H and O–H groups in total. The zero-order valence-corrected chi connectivity index (χ0v) is 21.7. The highest BCUT2D eigenvalue weighted by atomic mass is 32.2. The summed E-state index contributed by atoms with van der Waals surface area (Å²) in [5.74, 6) is 0.468. The van der Waals surface area contributed by atoms with Crippen molar-refractivity contribution >= 4 is 21.6 Å². The van der Waals surface area contributed by atoms with E-state index >= 15 is 0 Å². The minimum Gasteiger partial charge on any atom is -0.494 e. The van der Waals surface area contributed by atoms with E-state index in [2.05, 4.69) is 48.5 Å². The summed E-state index contributed by atoms with van der Waals surface area (Å²) in [7, 11) is -3.63. The number of carbonyl (C=O) groups is 1. The summed E-state index contributed by atoms with van der Waals surface area (Å²) in [5.41, 5.74) is 2.95.